The molecular formula is C22H23F3N4O2S. The first-order valence-corrected chi connectivity index (χ1v) is 11.4. The van der Waals surface area contributed by atoms with Crippen molar-refractivity contribution >= 4 is 28.2 Å². The number of aromatic nitrogens is 1. The van der Waals surface area contributed by atoms with Gasteiger partial charge >= 0.3 is 6.18 Å². The van der Waals surface area contributed by atoms with Crippen LogP contribution >= 0.6 is 0 Å². The van der Waals surface area contributed by atoms with Crippen LogP contribution in [-0.4, -0.2) is 38.8 Å². The largest absolute Gasteiger partial charge is 0.417 e. The summed E-state index contributed by atoms with van der Waals surface area (Å²) in [6.07, 6.45) is -4.77. The Balaban J connectivity index is 2.11. The van der Waals surface area contributed by atoms with Crippen molar-refractivity contribution in [3.05, 3.63) is 52.7 Å². The summed E-state index contributed by atoms with van der Waals surface area (Å²) < 4.78 is 53.2. The average molecular weight is 465 g/mol. The zero-order chi connectivity index (χ0) is 23.8. The van der Waals surface area contributed by atoms with E-state index >= 15 is 0 Å². The summed E-state index contributed by atoms with van der Waals surface area (Å²) in [5.74, 6) is -0.914. The van der Waals surface area contributed by atoms with Crippen LogP contribution in [0, 0.1) is 25.2 Å². The van der Waals surface area contributed by atoms with Gasteiger partial charge in [-0.15, -0.1) is 0 Å². The first kappa shape index (κ1) is 23.7. The Kier molecular flexibility index (Phi) is 6.60. The molecule has 1 aromatic carbocycles. The summed E-state index contributed by atoms with van der Waals surface area (Å²) in [5.41, 5.74) is -0.169. The molecule has 2 atom stereocenters. The lowest BCUT2D eigenvalue weighted by molar-refractivity contribution is -0.137. The Hall–Kier alpha value is -2.93. The summed E-state index contributed by atoms with van der Waals surface area (Å²) in [4.78, 5) is 20.6. The van der Waals surface area contributed by atoms with Crippen LogP contribution in [0.1, 0.15) is 36.2 Å². The van der Waals surface area contributed by atoms with Gasteiger partial charge in [-0.3, -0.25) is 9.00 Å². The van der Waals surface area contributed by atoms with E-state index in [0.29, 0.717) is 5.69 Å². The van der Waals surface area contributed by atoms with Gasteiger partial charge in [0.1, 0.15) is 23.5 Å². The number of benzene rings is 1. The van der Waals surface area contributed by atoms with Crippen LogP contribution in [0.3, 0.4) is 0 Å². The fourth-order valence-corrected chi connectivity index (χ4v) is 5.19. The van der Waals surface area contributed by atoms with Crippen molar-refractivity contribution in [2.24, 2.45) is 0 Å². The standard InChI is InChI=1S/C22H23F3N4O2S/c1-13(2)29(16-7-5-6-14(3)8-16)21(30)19-11-32(31)12-28(19)20-17(10-26)18(22(23,24)25)9-15(4)27-20/h5-9,13,19H,11-12H2,1-4H3/t19-,32?/m0/s1. The quantitative estimate of drug-likeness (QED) is 0.685. The van der Waals surface area contributed by atoms with Crippen molar-refractivity contribution in [2.45, 2.75) is 46.0 Å². The van der Waals surface area contributed by atoms with Gasteiger partial charge in [0.25, 0.3) is 5.91 Å². The molecule has 0 saturated carbocycles. The third-order valence-corrected chi connectivity index (χ3v) is 6.39. The molecule has 1 aliphatic heterocycles. The van der Waals surface area contributed by atoms with Crippen LogP contribution in [0.15, 0.2) is 30.3 Å². The summed E-state index contributed by atoms with van der Waals surface area (Å²) in [5, 5.41) is 9.52. The molecule has 1 saturated heterocycles. The Morgan fingerprint density at radius 1 is 1.31 bits per heavy atom. The van der Waals surface area contributed by atoms with E-state index in [4.69, 9.17) is 0 Å². The lowest BCUT2D eigenvalue weighted by Gasteiger charge is -2.33. The maximum atomic E-state index is 13.6. The Labute approximate surface area is 187 Å². The van der Waals surface area contributed by atoms with Gasteiger partial charge in [0.2, 0.25) is 0 Å². The number of alkyl halides is 3. The normalized spacial score (nSPS) is 18.7. The van der Waals surface area contributed by atoms with E-state index in [0.717, 1.165) is 11.6 Å². The number of carbonyl (C=O) groups is 1. The summed E-state index contributed by atoms with van der Waals surface area (Å²) in [6, 6.07) is 8.43. The molecule has 1 aromatic heterocycles. The van der Waals surface area contributed by atoms with Crippen molar-refractivity contribution in [3.63, 3.8) is 0 Å². The number of pyridine rings is 1. The molecule has 6 nitrogen and oxygen atoms in total. The zero-order valence-corrected chi connectivity index (χ0v) is 18.9. The Morgan fingerprint density at radius 2 is 2.00 bits per heavy atom. The molecule has 0 spiro atoms. The number of hydrogen-bond donors (Lipinski definition) is 0. The number of nitrogens with zero attached hydrogens (tertiary/aromatic N) is 4. The number of anilines is 2. The highest BCUT2D eigenvalue weighted by atomic mass is 32.2. The summed E-state index contributed by atoms with van der Waals surface area (Å²) in [6.45, 7) is 6.92. The maximum absolute atomic E-state index is 13.6. The minimum atomic E-state index is -4.77. The van der Waals surface area contributed by atoms with Crippen LogP contribution in [0.5, 0.6) is 0 Å². The topological polar surface area (TPSA) is 77.3 Å². The van der Waals surface area contributed by atoms with Crippen molar-refractivity contribution in [3.8, 4) is 6.07 Å². The number of rotatable bonds is 4. The fraction of sp³-hybridized carbons (Fsp3) is 0.409. The molecule has 3 rings (SSSR count). The number of nitriles is 1. The van der Waals surface area contributed by atoms with Crippen molar-refractivity contribution in [1.29, 1.82) is 5.26 Å². The van der Waals surface area contributed by atoms with Crippen LogP contribution in [0.4, 0.5) is 24.7 Å². The molecular weight excluding hydrogens is 441 g/mol. The van der Waals surface area contributed by atoms with Crippen LogP contribution in [0.2, 0.25) is 0 Å². The third-order valence-electron chi connectivity index (χ3n) is 5.14. The molecule has 1 unspecified atom stereocenters. The van der Waals surface area contributed by atoms with Gasteiger partial charge in [-0.2, -0.15) is 18.4 Å². The van der Waals surface area contributed by atoms with E-state index in [9.17, 15) is 27.4 Å². The molecule has 0 aliphatic carbocycles. The number of carbonyl (C=O) groups excluding carboxylic acids is 1. The second kappa shape index (κ2) is 8.90. The van der Waals surface area contributed by atoms with Crippen LogP contribution < -0.4 is 9.80 Å². The highest BCUT2D eigenvalue weighted by molar-refractivity contribution is 7.85. The predicted molar refractivity (Wildman–Crippen MR) is 117 cm³/mol. The Bertz CT molecular complexity index is 1110. The van der Waals surface area contributed by atoms with Crippen molar-refractivity contribution < 1.29 is 22.2 Å². The molecule has 1 aliphatic rings. The molecule has 1 fully saturated rings. The van der Waals surface area contributed by atoms with Crippen LogP contribution in [-0.2, 0) is 21.8 Å². The van der Waals surface area contributed by atoms with E-state index in [1.807, 2.05) is 39.0 Å². The highest BCUT2D eigenvalue weighted by Crippen LogP contribution is 2.37. The van der Waals surface area contributed by atoms with E-state index in [2.05, 4.69) is 4.98 Å². The molecule has 0 radical (unpaired) electrons. The monoisotopic (exact) mass is 464 g/mol. The first-order chi connectivity index (χ1) is 14.9. The summed E-state index contributed by atoms with van der Waals surface area (Å²) in [7, 11) is -1.49. The van der Waals surface area contributed by atoms with Gasteiger partial charge in [0, 0.05) is 28.2 Å². The average Bonchev–Trinajstić information content (AvgIpc) is 3.08. The minimum absolute atomic E-state index is 0.0506. The summed E-state index contributed by atoms with van der Waals surface area (Å²) >= 11 is 0. The van der Waals surface area contributed by atoms with Gasteiger partial charge in [-0.05, 0) is 51.5 Å². The van der Waals surface area contributed by atoms with E-state index < -0.39 is 40.1 Å². The molecule has 2 heterocycles. The Morgan fingerprint density at radius 3 is 2.56 bits per heavy atom. The van der Waals surface area contributed by atoms with E-state index in [1.54, 1.807) is 17.0 Å². The van der Waals surface area contributed by atoms with Gasteiger partial charge in [-0.25, -0.2) is 4.98 Å². The second-order valence-corrected chi connectivity index (χ2v) is 9.45. The van der Waals surface area contributed by atoms with Gasteiger partial charge < -0.3 is 9.80 Å². The van der Waals surface area contributed by atoms with Gasteiger partial charge in [0.05, 0.1) is 17.2 Å². The molecule has 2 aromatic rings. The van der Waals surface area contributed by atoms with E-state index in [-0.39, 0.29) is 29.2 Å². The third kappa shape index (κ3) is 4.63. The van der Waals surface area contributed by atoms with Crippen LogP contribution in [0.25, 0.3) is 0 Å². The van der Waals surface area contributed by atoms with Crippen molar-refractivity contribution in [2.75, 3.05) is 21.4 Å². The molecule has 0 N–H and O–H groups in total. The molecule has 10 heteroatoms. The van der Waals surface area contributed by atoms with Crippen molar-refractivity contribution in [1.82, 2.24) is 4.98 Å². The predicted octanol–water partition coefficient (Wildman–Crippen LogP) is 3.93. The maximum Gasteiger partial charge on any atom is 0.417 e. The number of hydrogen-bond acceptors (Lipinski definition) is 5. The van der Waals surface area contributed by atoms with E-state index in [1.165, 1.54) is 11.8 Å². The number of amides is 1. The first-order valence-electron chi connectivity index (χ1n) is 9.94. The number of halogens is 3. The molecule has 1 amide bonds. The molecule has 0 bridgehead atoms. The number of aryl methyl sites for hydroxylation is 2. The highest BCUT2D eigenvalue weighted by Gasteiger charge is 2.43. The molecule has 32 heavy (non-hydrogen) atoms. The van der Waals surface area contributed by atoms with Gasteiger partial charge in [-0.1, -0.05) is 12.1 Å². The minimum Gasteiger partial charge on any atom is -0.331 e. The SMILES string of the molecule is Cc1cccc(N(C(=O)[C@@H]2CS(=O)CN2c2nc(C)cc(C(F)(F)F)c2C#N)C(C)C)c1. The van der Waals surface area contributed by atoms with Gasteiger partial charge in [0.15, 0.2) is 0 Å². The lowest BCUT2D eigenvalue weighted by atomic mass is 10.1. The smallest absolute Gasteiger partial charge is 0.331 e. The zero-order valence-electron chi connectivity index (χ0n) is 18.1. The lowest BCUT2D eigenvalue weighted by Crippen LogP contribution is -2.50. The second-order valence-electron chi connectivity index (χ2n) is 7.98. The molecule has 170 valence electrons. The fourth-order valence-electron chi connectivity index (χ4n) is 3.79.